The second kappa shape index (κ2) is 7.74. The summed E-state index contributed by atoms with van der Waals surface area (Å²) in [6.07, 6.45) is 5.41. The highest BCUT2D eigenvalue weighted by molar-refractivity contribution is 5.87. The van der Waals surface area contributed by atoms with Crippen LogP contribution in [0.4, 0.5) is 0 Å². The van der Waals surface area contributed by atoms with Gasteiger partial charge in [-0.2, -0.15) is 5.10 Å². The van der Waals surface area contributed by atoms with Gasteiger partial charge in [-0.15, -0.1) is 0 Å². The minimum absolute atomic E-state index is 0.0367. The van der Waals surface area contributed by atoms with E-state index in [1.807, 2.05) is 48.9 Å². The van der Waals surface area contributed by atoms with Crippen LogP contribution in [0.5, 0.6) is 0 Å². The lowest BCUT2D eigenvalue weighted by atomic mass is 10.2. The molecule has 106 valence electrons. The third-order valence-electron chi connectivity index (χ3n) is 2.64. The molecule has 0 aromatic carbocycles. The van der Waals surface area contributed by atoms with Gasteiger partial charge in [0.2, 0.25) is 5.91 Å². The van der Waals surface area contributed by atoms with E-state index in [0.717, 1.165) is 18.8 Å². The fraction of sp³-hybridized carbons (Fsp3) is 0.571. The highest BCUT2D eigenvalue weighted by Gasteiger charge is 2.05. The number of aryl methyl sites for hydroxylation is 1. The van der Waals surface area contributed by atoms with Gasteiger partial charge < -0.3 is 10.2 Å². The maximum atomic E-state index is 11.5. The van der Waals surface area contributed by atoms with E-state index in [1.54, 1.807) is 6.08 Å². The second-order valence-electron chi connectivity index (χ2n) is 5.19. The topological polar surface area (TPSA) is 50.2 Å². The van der Waals surface area contributed by atoms with Crippen LogP contribution in [0.2, 0.25) is 0 Å². The Bertz CT molecular complexity index is 423. The van der Waals surface area contributed by atoms with Crippen molar-refractivity contribution in [2.24, 2.45) is 5.92 Å². The molecule has 0 aliphatic carbocycles. The lowest BCUT2D eigenvalue weighted by molar-refractivity contribution is -0.116. The van der Waals surface area contributed by atoms with E-state index >= 15 is 0 Å². The van der Waals surface area contributed by atoms with Crippen molar-refractivity contribution in [1.82, 2.24) is 20.0 Å². The second-order valence-corrected chi connectivity index (χ2v) is 5.19. The molecule has 1 rings (SSSR count). The molecule has 0 aliphatic heterocycles. The van der Waals surface area contributed by atoms with Gasteiger partial charge in [0.1, 0.15) is 0 Å². The maximum absolute atomic E-state index is 11.5. The zero-order valence-electron chi connectivity index (χ0n) is 12.3. The van der Waals surface area contributed by atoms with Gasteiger partial charge in [0.15, 0.2) is 0 Å². The molecular formula is C14H24N4O. The molecule has 0 saturated carbocycles. The Morgan fingerprint density at radius 3 is 2.89 bits per heavy atom. The van der Waals surface area contributed by atoms with Crippen LogP contribution in [0, 0.1) is 12.8 Å². The van der Waals surface area contributed by atoms with Gasteiger partial charge in [0.25, 0.3) is 0 Å². The van der Waals surface area contributed by atoms with Crippen molar-refractivity contribution in [3.05, 3.63) is 30.1 Å². The maximum Gasteiger partial charge on any atom is 0.243 e. The van der Waals surface area contributed by atoms with Crippen LogP contribution in [0.1, 0.15) is 12.6 Å². The van der Waals surface area contributed by atoms with E-state index in [9.17, 15) is 4.79 Å². The Balaban J connectivity index is 2.24. The van der Waals surface area contributed by atoms with Gasteiger partial charge in [0, 0.05) is 31.9 Å². The van der Waals surface area contributed by atoms with Crippen molar-refractivity contribution in [3.63, 3.8) is 0 Å². The Labute approximate surface area is 115 Å². The SMILES string of the molecule is Cc1ccn(CC(C)CNC(=O)/C=C/CN(C)C)n1. The molecule has 1 heterocycles. The standard InChI is InChI=1S/C14H24N4O/c1-12(11-18-9-7-13(2)16-18)10-15-14(19)6-5-8-17(3)4/h5-7,9,12H,8,10-11H2,1-4H3,(H,15,19)/b6-5+. The fourth-order valence-corrected chi connectivity index (χ4v) is 1.65. The molecule has 1 aromatic rings. The van der Waals surface area contributed by atoms with E-state index < -0.39 is 0 Å². The predicted octanol–water partition coefficient (Wildman–Crippen LogP) is 1.06. The van der Waals surface area contributed by atoms with Crippen molar-refractivity contribution in [1.29, 1.82) is 0 Å². The molecule has 1 unspecified atom stereocenters. The average molecular weight is 264 g/mol. The summed E-state index contributed by atoms with van der Waals surface area (Å²) < 4.78 is 1.91. The minimum Gasteiger partial charge on any atom is -0.352 e. The molecule has 0 spiro atoms. The van der Waals surface area contributed by atoms with Crippen LogP contribution in [0.3, 0.4) is 0 Å². The van der Waals surface area contributed by atoms with Gasteiger partial charge in [-0.25, -0.2) is 0 Å². The lowest BCUT2D eigenvalue weighted by Gasteiger charge is -2.12. The first kappa shape index (κ1) is 15.4. The quantitative estimate of drug-likeness (QED) is 0.749. The van der Waals surface area contributed by atoms with Gasteiger partial charge in [-0.1, -0.05) is 13.0 Å². The molecule has 1 atom stereocenters. The highest BCUT2D eigenvalue weighted by Crippen LogP contribution is 2.00. The van der Waals surface area contributed by atoms with Crippen LogP contribution < -0.4 is 5.32 Å². The minimum atomic E-state index is -0.0367. The van der Waals surface area contributed by atoms with Crippen molar-refractivity contribution in [2.45, 2.75) is 20.4 Å². The molecule has 0 aliphatic rings. The first-order valence-corrected chi connectivity index (χ1v) is 6.56. The number of likely N-dealkylation sites (N-methyl/N-ethyl adjacent to an activating group) is 1. The number of carbonyl (C=O) groups excluding carboxylic acids is 1. The summed E-state index contributed by atoms with van der Waals surface area (Å²) in [7, 11) is 3.94. The number of amides is 1. The van der Waals surface area contributed by atoms with Crippen molar-refractivity contribution in [3.8, 4) is 0 Å². The van der Waals surface area contributed by atoms with E-state index in [1.165, 1.54) is 0 Å². The van der Waals surface area contributed by atoms with E-state index in [4.69, 9.17) is 0 Å². The molecule has 5 nitrogen and oxygen atoms in total. The zero-order chi connectivity index (χ0) is 14.3. The Morgan fingerprint density at radius 1 is 1.58 bits per heavy atom. The largest absolute Gasteiger partial charge is 0.352 e. The van der Waals surface area contributed by atoms with Gasteiger partial charge in [-0.05, 0) is 33.0 Å². The molecule has 1 N–H and O–H groups in total. The smallest absolute Gasteiger partial charge is 0.243 e. The predicted molar refractivity (Wildman–Crippen MR) is 76.8 cm³/mol. The van der Waals surface area contributed by atoms with Crippen molar-refractivity contribution < 1.29 is 4.79 Å². The van der Waals surface area contributed by atoms with Crippen molar-refractivity contribution in [2.75, 3.05) is 27.2 Å². The molecular weight excluding hydrogens is 240 g/mol. The van der Waals surface area contributed by atoms with Gasteiger partial charge >= 0.3 is 0 Å². The molecule has 19 heavy (non-hydrogen) atoms. The van der Waals surface area contributed by atoms with Crippen LogP contribution in [-0.2, 0) is 11.3 Å². The molecule has 0 radical (unpaired) electrons. The Hall–Kier alpha value is -1.62. The number of hydrogen-bond donors (Lipinski definition) is 1. The monoisotopic (exact) mass is 264 g/mol. The number of nitrogens with one attached hydrogen (secondary N) is 1. The Morgan fingerprint density at radius 2 is 2.32 bits per heavy atom. The molecule has 1 amide bonds. The third-order valence-corrected chi connectivity index (χ3v) is 2.64. The number of hydrogen-bond acceptors (Lipinski definition) is 3. The molecule has 0 saturated heterocycles. The number of nitrogens with zero attached hydrogens (tertiary/aromatic N) is 3. The molecule has 1 aromatic heterocycles. The first-order chi connectivity index (χ1) is 8.97. The van der Waals surface area contributed by atoms with Crippen molar-refractivity contribution >= 4 is 5.91 Å². The number of rotatable bonds is 7. The molecule has 0 fully saturated rings. The van der Waals surface area contributed by atoms with E-state index in [2.05, 4.69) is 17.3 Å². The molecule has 0 bridgehead atoms. The van der Waals surface area contributed by atoms with Gasteiger partial charge in [-0.3, -0.25) is 9.48 Å². The normalized spacial score (nSPS) is 13.1. The van der Waals surface area contributed by atoms with Crippen LogP contribution in [0.15, 0.2) is 24.4 Å². The summed E-state index contributed by atoms with van der Waals surface area (Å²) in [4.78, 5) is 13.6. The van der Waals surface area contributed by atoms with Crippen LogP contribution >= 0.6 is 0 Å². The van der Waals surface area contributed by atoms with E-state index in [-0.39, 0.29) is 5.91 Å². The van der Waals surface area contributed by atoms with Crippen LogP contribution in [-0.4, -0.2) is 47.8 Å². The summed E-state index contributed by atoms with van der Waals surface area (Å²) in [5.41, 5.74) is 1.02. The highest BCUT2D eigenvalue weighted by atomic mass is 16.1. The van der Waals surface area contributed by atoms with Gasteiger partial charge in [0.05, 0.1) is 5.69 Å². The summed E-state index contributed by atoms with van der Waals surface area (Å²) in [6, 6.07) is 1.98. The summed E-state index contributed by atoms with van der Waals surface area (Å²) >= 11 is 0. The number of carbonyl (C=O) groups is 1. The van der Waals surface area contributed by atoms with E-state index in [0.29, 0.717) is 12.5 Å². The molecule has 5 heteroatoms. The van der Waals surface area contributed by atoms with Crippen LogP contribution in [0.25, 0.3) is 0 Å². The summed E-state index contributed by atoms with van der Waals surface area (Å²) in [5, 5.41) is 7.23. The zero-order valence-corrected chi connectivity index (χ0v) is 12.3. The third kappa shape index (κ3) is 6.76. The Kier molecular flexibility index (Phi) is 6.29. The number of aromatic nitrogens is 2. The average Bonchev–Trinajstić information content (AvgIpc) is 2.71. The first-order valence-electron chi connectivity index (χ1n) is 6.56. The summed E-state index contributed by atoms with van der Waals surface area (Å²) in [5.74, 6) is 0.316. The lowest BCUT2D eigenvalue weighted by Crippen LogP contribution is -2.29. The fourth-order valence-electron chi connectivity index (χ4n) is 1.65. The summed E-state index contributed by atoms with van der Waals surface area (Å²) in [6.45, 7) is 6.31.